The normalized spacial score (nSPS) is 17.0. The molecule has 0 spiro atoms. The average Bonchev–Trinajstić information content (AvgIpc) is 2.82. The lowest BCUT2D eigenvalue weighted by Crippen LogP contribution is -2.49. The SMILES string of the molecule is CC(CN(C)C)Oc1nc2c(c(N3CCN(C(=O)OCc4ccccc4)CC3)n1)CCNC2. The van der Waals surface area contributed by atoms with Crippen LogP contribution in [0.1, 0.15) is 23.7 Å². The summed E-state index contributed by atoms with van der Waals surface area (Å²) in [6, 6.07) is 10.2. The summed E-state index contributed by atoms with van der Waals surface area (Å²) in [5.41, 5.74) is 3.17. The number of nitrogens with one attached hydrogen (secondary N) is 1. The minimum Gasteiger partial charge on any atom is -0.459 e. The lowest BCUT2D eigenvalue weighted by Gasteiger charge is -2.36. The molecule has 2 aromatic rings. The van der Waals surface area contributed by atoms with E-state index in [1.165, 1.54) is 5.56 Å². The molecule has 1 aromatic heterocycles. The van der Waals surface area contributed by atoms with Gasteiger partial charge in [-0.1, -0.05) is 30.3 Å². The van der Waals surface area contributed by atoms with Gasteiger partial charge in [0.1, 0.15) is 18.5 Å². The third-order valence-electron chi connectivity index (χ3n) is 5.87. The number of likely N-dealkylation sites (N-methyl/N-ethyl adjacent to an activating group) is 1. The van der Waals surface area contributed by atoms with Crippen LogP contribution in [0.4, 0.5) is 10.6 Å². The first-order chi connectivity index (χ1) is 16.0. The monoisotopic (exact) mass is 454 g/mol. The van der Waals surface area contributed by atoms with E-state index in [1.807, 2.05) is 51.4 Å². The summed E-state index contributed by atoms with van der Waals surface area (Å²) >= 11 is 0. The Kier molecular flexibility index (Phi) is 7.61. The van der Waals surface area contributed by atoms with Gasteiger partial charge >= 0.3 is 12.1 Å². The van der Waals surface area contributed by atoms with Gasteiger partial charge in [-0.25, -0.2) is 4.79 Å². The molecule has 9 nitrogen and oxygen atoms in total. The van der Waals surface area contributed by atoms with Crippen molar-refractivity contribution in [1.29, 1.82) is 0 Å². The Hall–Kier alpha value is -2.91. The van der Waals surface area contributed by atoms with Crippen molar-refractivity contribution in [2.75, 3.05) is 58.3 Å². The number of fused-ring (bicyclic) bond motifs is 1. The number of nitrogens with zero attached hydrogens (tertiary/aromatic N) is 5. The first-order valence-electron chi connectivity index (χ1n) is 11.6. The minimum absolute atomic E-state index is 0.0151. The molecule has 3 heterocycles. The number of aromatic nitrogens is 2. The van der Waals surface area contributed by atoms with Crippen LogP contribution in [0.15, 0.2) is 30.3 Å². The zero-order valence-electron chi connectivity index (χ0n) is 19.8. The molecule has 1 saturated heterocycles. The molecule has 1 fully saturated rings. The molecule has 1 amide bonds. The fourth-order valence-corrected chi connectivity index (χ4v) is 4.27. The number of rotatable bonds is 7. The molecule has 1 unspecified atom stereocenters. The maximum atomic E-state index is 12.5. The molecular formula is C24H34N6O3. The third-order valence-corrected chi connectivity index (χ3v) is 5.87. The molecule has 9 heteroatoms. The number of anilines is 1. The maximum Gasteiger partial charge on any atom is 0.410 e. The molecule has 4 rings (SSSR count). The van der Waals surface area contributed by atoms with Crippen LogP contribution in [0.2, 0.25) is 0 Å². The number of hydrogen-bond donors (Lipinski definition) is 1. The molecule has 178 valence electrons. The number of piperazine rings is 1. The molecule has 1 atom stereocenters. The van der Waals surface area contributed by atoms with Crippen molar-refractivity contribution in [1.82, 2.24) is 25.1 Å². The molecule has 1 aromatic carbocycles. The predicted octanol–water partition coefficient (Wildman–Crippen LogP) is 1.91. The van der Waals surface area contributed by atoms with Crippen LogP contribution in [-0.2, 0) is 24.3 Å². The van der Waals surface area contributed by atoms with E-state index in [-0.39, 0.29) is 18.8 Å². The van der Waals surface area contributed by atoms with Crippen molar-refractivity contribution in [3.8, 4) is 6.01 Å². The summed E-state index contributed by atoms with van der Waals surface area (Å²) in [7, 11) is 4.04. The third kappa shape index (κ3) is 6.11. The van der Waals surface area contributed by atoms with Gasteiger partial charge in [0.05, 0.1) is 5.69 Å². The number of ether oxygens (including phenoxy) is 2. The Morgan fingerprint density at radius 2 is 1.91 bits per heavy atom. The van der Waals surface area contributed by atoms with Crippen LogP contribution in [0.5, 0.6) is 6.01 Å². The van der Waals surface area contributed by atoms with E-state index in [0.717, 1.165) is 43.1 Å². The average molecular weight is 455 g/mol. The molecule has 33 heavy (non-hydrogen) atoms. The number of hydrogen-bond acceptors (Lipinski definition) is 8. The van der Waals surface area contributed by atoms with E-state index < -0.39 is 0 Å². The van der Waals surface area contributed by atoms with Gasteiger partial charge in [-0.15, -0.1) is 0 Å². The predicted molar refractivity (Wildman–Crippen MR) is 126 cm³/mol. The number of amides is 1. The van der Waals surface area contributed by atoms with Gasteiger partial charge in [-0.2, -0.15) is 9.97 Å². The van der Waals surface area contributed by atoms with Gasteiger partial charge in [0.15, 0.2) is 0 Å². The summed E-state index contributed by atoms with van der Waals surface area (Å²) in [5.74, 6) is 0.936. The number of carbonyl (C=O) groups excluding carboxylic acids is 1. The second-order valence-electron chi connectivity index (χ2n) is 8.89. The fraction of sp³-hybridized carbons (Fsp3) is 0.542. The molecule has 2 aliphatic heterocycles. The first-order valence-corrected chi connectivity index (χ1v) is 11.6. The lowest BCUT2D eigenvalue weighted by molar-refractivity contribution is 0.0940. The van der Waals surface area contributed by atoms with Gasteiger partial charge in [-0.05, 0) is 39.5 Å². The van der Waals surface area contributed by atoms with E-state index in [0.29, 0.717) is 32.2 Å². The van der Waals surface area contributed by atoms with Crippen LogP contribution in [-0.4, -0.2) is 85.3 Å². The standard InChI is InChI=1S/C24H34N6O3/c1-18(16-28(2)3)33-23-26-21-15-25-10-9-20(21)22(27-23)29-11-13-30(14-12-29)24(31)32-17-19-7-5-4-6-8-19/h4-8,18,25H,9-17H2,1-3H3. The smallest absolute Gasteiger partial charge is 0.410 e. The van der Waals surface area contributed by atoms with Crippen LogP contribution in [0, 0.1) is 0 Å². The number of carbonyl (C=O) groups is 1. The number of benzene rings is 1. The molecule has 0 aliphatic carbocycles. The Bertz CT molecular complexity index is 931. The Balaban J connectivity index is 1.40. The minimum atomic E-state index is -0.269. The summed E-state index contributed by atoms with van der Waals surface area (Å²) in [6.07, 6.45) is 0.602. The molecule has 0 bridgehead atoms. The zero-order chi connectivity index (χ0) is 23.2. The van der Waals surface area contributed by atoms with Crippen molar-refractivity contribution in [3.63, 3.8) is 0 Å². The second kappa shape index (κ2) is 10.8. The van der Waals surface area contributed by atoms with E-state index in [9.17, 15) is 4.79 Å². The zero-order valence-corrected chi connectivity index (χ0v) is 19.8. The van der Waals surface area contributed by atoms with E-state index in [2.05, 4.69) is 20.1 Å². The molecule has 0 radical (unpaired) electrons. The first kappa shape index (κ1) is 23.3. The largest absolute Gasteiger partial charge is 0.459 e. The Morgan fingerprint density at radius 1 is 1.15 bits per heavy atom. The van der Waals surface area contributed by atoms with Crippen molar-refractivity contribution in [2.45, 2.75) is 32.6 Å². The quantitative estimate of drug-likeness (QED) is 0.679. The highest BCUT2D eigenvalue weighted by Crippen LogP contribution is 2.27. The Labute approximate surface area is 195 Å². The van der Waals surface area contributed by atoms with Crippen molar-refractivity contribution < 1.29 is 14.3 Å². The van der Waals surface area contributed by atoms with Gasteiger partial charge in [0.25, 0.3) is 0 Å². The van der Waals surface area contributed by atoms with Crippen LogP contribution >= 0.6 is 0 Å². The summed E-state index contributed by atoms with van der Waals surface area (Å²) in [4.78, 5) is 28.1. The van der Waals surface area contributed by atoms with Crippen LogP contribution in [0.3, 0.4) is 0 Å². The van der Waals surface area contributed by atoms with Gasteiger partial charge in [0.2, 0.25) is 0 Å². The molecule has 2 aliphatic rings. The fourth-order valence-electron chi connectivity index (χ4n) is 4.27. The van der Waals surface area contributed by atoms with Crippen molar-refractivity contribution in [2.24, 2.45) is 0 Å². The van der Waals surface area contributed by atoms with Crippen molar-refractivity contribution >= 4 is 11.9 Å². The molecule has 0 saturated carbocycles. The highest BCUT2D eigenvalue weighted by molar-refractivity contribution is 5.68. The molecular weight excluding hydrogens is 420 g/mol. The Morgan fingerprint density at radius 3 is 2.64 bits per heavy atom. The van der Waals surface area contributed by atoms with Gasteiger partial charge in [-0.3, -0.25) is 0 Å². The van der Waals surface area contributed by atoms with Gasteiger partial charge in [0, 0.05) is 44.8 Å². The van der Waals surface area contributed by atoms with Crippen LogP contribution < -0.4 is 15.0 Å². The van der Waals surface area contributed by atoms with Crippen molar-refractivity contribution in [3.05, 3.63) is 47.2 Å². The van der Waals surface area contributed by atoms with E-state index in [1.54, 1.807) is 4.90 Å². The van der Waals surface area contributed by atoms with Crippen LogP contribution in [0.25, 0.3) is 0 Å². The summed E-state index contributed by atoms with van der Waals surface area (Å²) in [6.45, 7) is 7.32. The second-order valence-corrected chi connectivity index (χ2v) is 8.89. The highest BCUT2D eigenvalue weighted by atomic mass is 16.6. The lowest BCUT2D eigenvalue weighted by atomic mass is 10.1. The highest BCUT2D eigenvalue weighted by Gasteiger charge is 2.27. The topological polar surface area (TPSA) is 83.1 Å². The van der Waals surface area contributed by atoms with E-state index >= 15 is 0 Å². The maximum absolute atomic E-state index is 12.5. The summed E-state index contributed by atoms with van der Waals surface area (Å²) < 4.78 is 11.6. The molecule has 1 N–H and O–H groups in total. The van der Waals surface area contributed by atoms with Gasteiger partial charge < -0.3 is 29.5 Å². The summed E-state index contributed by atoms with van der Waals surface area (Å²) in [5, 5.41) is 3.39. The van der Waals surface area contributed by atoms with E-state index in [4.69, 9.17) is 14.5 Å².